The summed E-state index contributed by atoms with van der Waals surface area (Å²) in [7, 11) is -4.50. The summed E-state index contributed by atoms with van der Waals surface area (Å²) in [6.07, 6.45) is 1.96. The number of aromatic nitrogens is 2. The summed E-state index contributed by atoms with van der Waals surface area (Å²) in [5.74, 6) is 1.16. The summed E-state index contributed by atoms with van der Waals surface area (Å²) in [6, 6.07) is 22.7. The van der Waals surface area contributed by atoms with E-state index in [9.17, 15) is 14.4 Å². The molecule has 0 fully saturated rings. The van der Waals surface area contributed by atoms with Crippen LogP contribution in [0.3, 0.4) is 0 Å². The average Bonchev–Trinajstić information content (AvgIpc) is 3.21. The smallest absolute Gasteiger partial charge is 0.428 e. The maximum absolute atomic E-state index is 11.3. The summed E-state index contributed by atoms with van der Waals surface area (Å²) in [4.78, 5) is 22.3. The van der Waals surface area contributed by atoms with Crippen molar-refractivity contribution in [2.75, 3.05) is 5.09 Å². The molecule has 4 rings (SSSR count). The average molecular weight is 437 g/mol. The van der Waals surface area contributed by atoms with E-state index in [2.05, 4.69) is 15.2 Å². The van der Waals surface area contributed by atoms with Crippen LogP contribution in [0, 0.1) is 0 Å². The van der Waals surface area contributed by atoms with Gasteiger partial charge in [0.25, 0.3) is 0 Å². The zero-order valence-corrected chi connectivity index (χ0v) is 17.3. The molecule has 0 radical (unpaired) electrons. The minimum Gasteiger partial charge on any atom is -0.489 e. The zero-order chi connectivity index (χ0) is 21.7. The third-order valence-electron chi connectivity index (χ3n) is 4.44. The van der Waals surface area contributed by atoms with E-state index in [0.29, 0.717) is 30.0 Å². The summed E-state index contributed by atoms with van der Waals surface area (Å²) in [6.45, 7) is 0.503. The first-order valence-electron chi connectivity index (χ1n) is 9.47. The Kier molecular flexibility index (Phi) is 6.13. The van der Waals surface area contributed by atoms with Gasteiger partial charge in [0, 0.05) is 18.7 Å². The van der Waals surface area contributed by atoms with Crippen LogP contribution in [0.4, 0.5) is 5.82 Å². The van der Waals surface area contributed by atoms with Crippen molar-refractivity contribution >= 4 is 13.6 Å². The lowest BCUT2D eigenvalue weighted by Gasteiger charge is -2.09. The van der Waals surface area contributed by atoms with Crippen molar-refractivity contribution < 1.29 is 23.6 Å². The van der Waals surface area contributed by atoms with Gasteiger partial charge in [-0.2, -0.15) is 0 Å². The molecule has 31 heavy (non-hydrogen) atoms. The van der Waals surface area contributed by atoms with Gasteiger partial charge in [-0.3, -0.25) is 5.09 Å². The SMILES string of the molecule is O=P(O)(O)Nc1ncccc1-c1cc(Cc2ccc(OCc3ccccc3)cc2)no1. The lowest BCUT2D eigenvalue weighted by molar-refractivity contribution is 0.306. The number of hydrogen-bond acceptors (Lipinski definition) is 5. The van der Waals surface area contributed by atoms with Gasteiger partial charge in [0.2, 0.25) is 0 Å². The highest BCUT2D eigenvalue weighted by Gasteiger charge is 2.19. The summed E-state index contributed by atoms with van der Waals surface area (Å²) < 4.78 is 22.5. The largest absolute Gasteiger partial charge is 0.489 e. The molecule has 0 bridgehead atoms. The molecule has 0 saturated heterocycles. The molecule has 8 nitrogen and oxygen atoms in total. The predicted molar refractivity (Wildman–Crippen MR) is 115 cm³/mol. The lowest BCUT2D eigenvalue weighted by Crippen LogP contribution is -1.98. The van der Waals surface area contributed by atoms with Crippen LogP contribution in [0.1, 0.15) is 16.8 Å². The highest BCUT2D eigenvalue weighted by Crippen LogP contribution is 2.38. The van der Waals surface area contributed by atoms with E-state index < -0.39 is 7.75 Å². The number of benzene rings is 2. The van der Waals surface area contributed by atoms with E-state index in [0.717, 1.165) is 16.9 Å². The molecule has 2 heterocycles. The van der Waals surface area contributed by atoms with Gasteiger partial charge >= 0.3 is 7.75 Å². The number of pyridine rings is 1. The summed E-state index contributed by atoms with van der Waals surface area (Å²) in [5, 5.41) is 6.16. The van der Waals surface area contributed by atoms with E-state index in [4.69, 9.17) is 9.26 Å². The Hall–Kier alpha value is -3.45. The number of nitrogens with one attached hydrogen (secondary N) is 1. The van der Waals surface area contributed by atoms with E-state index in [-0.39, 0.29) is 5.82 Å². The molecular weight excluding hydrogens is 417 g/mol. The van der Waals surface area contributed by atoms with Gasteiger partial charge in [0.15, 0.2) is 5.76 Å². The summed E-state index contributed by atoms with van der Waals surface area (Å²) >= 11 is 0. The molecule has 158 valence electrons. The van der Waals surface area contributed by atoms with Crippen LogP contribution in [0.2, 0.25) is 0 Å². The highest BCUT2D eigenvalue weighted by atomic mass is 31.2. The first-order valence-corrected chi connectivity index (χ1v) is 11.1. The molecule has 0 saturated carbocycles. The van der Waals surface area contributed by atoms with Crippen LogP contribution < -0.4 is 9.82 Å². The Balaban J connectivity index is 1.42. The van der Waals surface area contributed by atoms with Crippen molar-refractivity contribution in [1.29, 1.82) is 0 Å². The van der Waals surface area contributed by atoms with Crippen molar-refractivity contribution in [3.63, 3.8) is 0 Å². The molecule has 0 atom stereocenters. The normalized spacial score (nSPS) is 11.3. The predicted octanol–water partition coefficient (Wildman–Crippen LogP) is 4.41. The third-order valence-corrected chi connectivity index (χ3v) is 4.94. The maximum Gasteiger partial charge on any atom is 0.428 e. The first-order chi connectivity index (χ1) is 15.0. The molecule has 0 spiro atoms. The monoisotopic (exact) mass is 437 g/mol. The molecule has 0 aliphatic carbocycles. The molecule has 0 aliphatic heterocycles. The van der Waals surface area contributed by atoms with Crippen LogP contribution >= 0.6 is 7.75 Å². The molecule has 9 heteroatoms. The van der Waals surface area contributed by atoms with Gasteiger partial charge in [0.05, 0.1) is 11.3 Å². The Bertz CT molecular complexity index is 1190. The lowest BCUT2D eigenvalue weighted by atomic mass is 10.1. The zero-order valence-electron chi connectivity index (χ0n) is 16.4. The molecule has 0 unspecified atom stereocenters. The molecule has 0 amide bonds. The van der Waals surface area contributed by atoms with Crippen molar-refractivity contribution in [3.8, 4) is 17.1 Å². The number of anilines is 1. The van der Waals surface area contributed by atoms with Gasteiger partial charge in [0.1, 0.15) is 18.2 Å². The molecule has 4 aromatic rings. The maximum atomic E-state index is 11.3. The Morgan fingerprint density at radius 3 is 2.48 bits per heavy atom. The molecule has 3 N–H and O–H groups in total. The van der Waals surface area contributed by atoms with E-state index in [1.165, 1.54) is 6.20 Å². The van der Waals surface area contributed by atoms with Crippen LogP contribution in [0.15, 0.2) is 83.5 Å². The van der Waals surface area contributed by atoms with Gasteiger partial charge in [-0.25, -0.2) is 9.55 Å². The topological polar surface area (TPSA) is 118 Å². The Labute approximate surface area is 178 Å². The standard InChI is InChI=1S/C22H20N3O5P/c26-31(27,28)25-22-20(7-4-12-23-22)21-14-18(24-30-21)13-16-8-10-19(11-9-16)29-15-17-5-2-1-3-6-17/h1-12,14H,13,15H2,(H3,23,25,26,27,28). The highest BCUT2D eigenvalue weighted by molar-refractivity contribution is 7.53. The molecule has 2 aromatic heterocycles. The summed E-state index contributed by atoms with van der Waals surface area (Å²) in [5.41, 5.74) is 3.21. The fourth-order valence-electron chi connectivity index (χ4n) is 3.01. The number of nitrogens with zero attached hydrogens (tertiary/aromatic N) is 2. The van der Waals surface area contributed by atoms with Crippen LogP contribution in [-0.2, 0) is 17.6 Å². The second-order valence-corrected chi connectivity index (χ2v) is 8.14. The van der Waals surface area contributed by atoms with Crippen molar-refractivity contribution in [2.24, 2.45) is 0 Å². The van der Waals surface area contributed by atoms with Crippen LogP contribution in [0.25, 0.3) is 11.3 Å². The molecule has 0 aliphatic rings. The number of ether oxygens (including phenoxy) is 1. The molecule has 2 aromatic carbocycles. The van der Waals surface area contributed by atoms with Crippen molar-refractivity contribution in [1.82, 2.24) is 10.1 Å². The van der Waals surface area contributed by atoms with E-state index in [1.54, 1.807) is 18.2 Å². The second-order valence-electron chi connectivity index (χ2n) is 6.83. The third kappa shape index (κ3) is 5.79. The Morgan fingerprint density at radius 2 is 1.74 bits per heavy atom. The van der Waals surface area contributed by atoms with Crippen molar-refractivity contribution in [3.05, 3.63) is 95.8 Å². The number of hydrogen-bond donors (Lipinski definition) is 3. The van der Waals surface area contributed by atoms with Crippen molar-refractivity contribution in [2.45, 2.75) is 13.0 Å². The van der Waals surface area contributed by atoms with Gasteiger partial charge < -0.3 is 19.0 Å². The molecular formula is C22H20N3O5P. The number of rotatable bonds is 8. The Morgan fingerprint density at radius 1 is 0.968 bits per heavy atom. The van der Waals surface area contributed by atoms with Crippen LogP contribution in [-0.4, -0.2) is 19.9 Å². The van der Waals surface area contributed by atoms with Gasteiger partial charge in [-0.1, -0.05) is 47.6 Å². The van der Waals surface area contributed by atoms with Gasteiger partial charge in [-0.05, 0) is 35.4 Å². The fraction of sp³-hybridized carbons (Fsp3) is 0.0909. The van der Waals surface area contributed by atoms with E-state index in [1.807, 2.05) is 54.6 Å². The van der Waals surface area contributed by atoms with E-state index >= 15 is 0 Å². The minimum absolute atomic E-state index is 0.0263. The van der Waals surface area contributed by atoms with Crippen LogP contribution in [0.5, 0.6) is 5.75 Å². The second kappa shape index (κ2) is 9.14. The first kappa shape index (κ1) is 20.8. The van der Waals surface area contributed by atoms with Gasteiger partial charge in [-0.15, -0.1) is 0 Å². The minimum atomic E-state index is -4.50. The quantitative estimate of drug-likeness (QED) is 0.347. The fourth-order valence-corrected chi connectivity index (χ4v) is 3.46.